The first-order chi connectivity index (χ1) is 9.17. The molecule has 1 aromatic carbocycles. The summed E-state index contributed by atoms with van der Waals surface area (Å²) in [6.07, 6.45) is -1.01. The van der Waals surface area contributed by atoms with Crippen molar-refractivity contribution in [3.05, 3.63) is 35.9 Å². The molecule has 0 aliphatic heterocycles. The molecule has 1 rings (SSSR count). The molecule has 4 nitrogen and oxygen atoms in total. The first-order valence-corrected chi connectivity index (χ1v) is 6.54. The van der Waals surface area contributed by atoms with Crippen LogP contribution < -0.4 is 0 Å². The van der Waals surface area contributed by atoms with Gasteiger partial charge in [0.25, 0.3) is 0 Å². The Morgan fingerprint density at radius 3 is 2.53 bits per heavy atom. The van der Waals surface area contributed by atoms with E-state index >= 15 is 0 Å². The van der Waals surface area contributed by atoms with E-state index in [1.807, 2.05) is 37.3 Å². The van der Waals surface area contributed by atoms with Gasteiger partial charge in [0, 0.05) is 12.3 Å². The van der Waals surface area contributed by atoms with Crippen molar-refractivity contribution in [3.63, 3.8) is 0 Å². The third-order valence-corrected chi connectivity index (χ3v) is 3.13. The van der Waals surface area contributed by atoms with E-state index in [0.29, 0.717) is 13.2 Å². The van der Waals surface area contributed by atoms with Crippen LogP contribution in [0.2, 0.25) is 0 Å². The monoisotopic (exact) mass is 263 g/mol. The third kappa shape index (κ3) is 5.84. The van der Waals surface area contributed by atoms with Gasteiger partial charge in [-0.05, 0) is 12.0 Å². The van der Waals surface area contributed by atoms with Crippen LogP contribution in [0.25, 0.3) is 0 Å². The fraction of sp³-hybridized carbons (Fsp3) is 0.533. The van der Waals surface area contributed by atoms with Crippen molar-refractivity contribution in [2.75, 3.05) is 6.61 Å². The Hall–Kier alpha value is -1.41. The van der Waals surface area contributed by atoms with Crippen LogP contribution in [-0.4, -0.2) is 29.0 Å². The van der Waals surface area contributed by atoms with Gasteiger partial charge in [0.15, 0.2) is 0 Å². The van der Waals surface area contributed by atoms with Gasteiger partial charge in [-0.15, -0.1) is 0 Å². The van der Waals surface area contributed by atoms with Crippen LogP contribution in [0, 0.1) is 17.2 Å². The minimum Gasteiger partial charge on any atom is -0.393 e. The summed E-state index contributed by atoms with van der Waals surface area (Å²) in [7, 11) is 0. The molecule has 4 heteroatoms. The first-order valence-electron chi connectivity index (χ1n) is 6.54. The third-order valence-electron chi connectivity index (χ3n) is 3.13. The number of rotatable bonds is 8. The van der Waals surface area contributed by atoms with E-state index < -0.39 is 12.2 Å². The van der Waals surface area contributed by atoms with Crippen LogP contribution >= 0.6 is 0 Å². The number of hydrogen-bond acceptors (Lipinski definition) is 4. The van der Waals surface area contributed by atoms with Crippen molar-refractivity contribution < 1.29 is 14.9 Å². The van der Waals surface area contributed by atoms with Crippen LogP contribution in [0.1, 0.15) is 25.3 Å². The maximum atomic E-state index is 9.92. The van der Waals surface area contributed by atoms with Crippen LogP contribution in [0.5, 0.6) is 0 Å². The molecule has 0 amide bonds. The highest BCUT2D eigenvalue weighted by atomic mass is 16.5. The number of nitrogens with zero attached hydrogens (tertiary/aromatic N) is 1. The predicted octanol–water partition coefficient (Wildman–Crippen LogP) is 1.86. The van der Waals surface area contributed by atoms with Gasteiger partial charge >= 0.3 is 0 Å². The predicted molar refractivity (Wildman–Crippen MR) is 72.1 cm³/mol. The van der Waals surface area contributed by atoms with Crippen LogP contribution in [0.4, 0.5) is 0 Å². The van der Waals surface area contributed by atoms with Crippen molar-refractivity contribution in [3.8, 4) is 6.07 Å². The second-order valence-corrected chi connectivity index (χ2v) is 4.62. The zero-order valence-electron chi connectivity index (χ0n) is 11.2. The second kappa shape index (κ2) is 8.65. The molecule has 0 heterocycles. The average Bonchev–Trinajstić information content (AvgIpc) is 2.44. The smallest absolute Gasteiger partial charge is 0.143 e. The normalized spacial score (nSPS) is 15.5. The number of nitriles is 1. The molecular formula is C15H21NO3. The Kier molecular flexibility index (Phi) is 7.12. The van der Waals surface area contributed by atoms with Gasteiger partial charge in [0.1, 0.15) is 6.10 Å². The molecule has 0 fully saturated rings. The lowest BCUT2D eigenvalue weighted by Gasteiger charge is -2.22. The van der Waals surface area contributed by atoms with Crippen LogP contribution in [-0.2, 0) is 11.3 Å². The summed E-state index contributed by atoms with van der Waals surface area (Å²) in [6.45, 7) is 2.88. The molecule has 1 unspecified atom stereocenters. The SMILES string of the molecule is CC[C@H](COCc1ccccc1)[C@H](O)CC(O)C#N. The lowest BCUT2D eigenvalue weighted by Crippen LogP contribution is -2.28. The number of ether oxygens (including phenoxy) is 1. The molecule has 3 atom stereocenters. The summed E-state index contributed by atoms with van der Waals surface area (Å²) in [5.74, 6) is -0.0632. The van der Waals surface area contributed by atoms with Gasteiger partial charge < -0.3 is 14.9 Å². The Morgan fingerprint density at radius 2 is 1.95 bits per heavy atom. The summed E-state index contributed by atoms with van der Waals surface area (Å²) < 4.78 is 5.58. The summed E-state index contributed by atoms with van der Waals surface area (Å²) in [6, 6.07) is 11.5. The molecular weight excluding hydrogens is 242 g/mol. The van der Waals surface area contributed by atoms with E-state index in [4.69, 9.17) is 10.00 Å². The Labute approximate surface area is 114 Å². The Morgan fingerprint density at radius 1 is 1.26 bits per heavy atom. The topological polar surface area (TPSA) is 73.5 Å². The number of hydrogen-bond donors (Lipinski definition) is 2. The van der Waals surface area contributed by atoms with E-state index in [0.717, 1.165) is 12.0 Å². The molecule has 0 aliphatic carbocycles. The largest absolute Gasteiger partial charge is 0.393 e. The second-order valence-electron chi connectivity index (χ2n) is 4.62. The summed E-state index contributed by atoms with van der Waals surface area (Å²) in [5.41, 5.74) is 1.09. The summed E-state index contributed by atoms with van der Waals surface area (Å²) >= 11 is 0. The molecule has 0 spiro atoms. The standard InChI is InChI=1S/C15H21NO3/c1-2-13(15(18)8-14(17)9-16)11-19-10-12-6-4-3-5-7-12/h3-7,13-15,17-18H,2,8,10-11H2,1H3/t13-,14?,15-/m1/s1. The minimum atomic E-state index is -1.11. The van der Waals surface area contributed by atoms with Gasteiger partial charge in [0.05, 0.1) is 25.4 Å². The maximum Gasteiger partial charge on any atom is 0.143 e. The first kappa shape index (κ1) is 15.6. The Bertz CT molecular complexity index is 388. The molecule has 19 heavy (non-hydrogen) atoms. The molecule has 104 valence electrons. The van der Waals surface area contributed by atoms with Crippen molar-refractivity contribution in [2.24, 2.45) is 5.92 Å². The highest BCUT2D eigenvalue weighted by molar-refractivity contribution is 5.13. The fourth-order valence-corrected chi connectivity index (χ4v) is 1.88. The summed E-state index contributed by atoms with van der Waals surface area (Å²) in [4.78, 5) is 0. The Balaban J connectivity index is 2.34. The molecule has 0 aliphatic rings. The number of aliphatic hydroxyl groups is 2. The highest BCUT2D eigenvalue weighted by Gasteiger charge is 2.20. The molecule has 0 saturated carbocycles. The van der Waals surface area contributed by atoms with Gasteiger partial charge in [-0.25, -0.2) is 0 Å². The van der Waals surface area contributed by atoms with E-state index in [9.17, 15) is 10.2 Å². The zero-order chi connectivity index (χ0) is 14.1. The van der Waals surface area contributed by atoms with E-state index in [1.54, 1.807) is 6.07 Å². The number of aliphatic hydroxyl groups excluding tert-OH is 2. The maximum absolute atomic E-state index is 9.92. The number of benzene rings is 1. The molecule has 0 radical (unpaired) electrons. The fourth-order valence-electron chi connectivity index (χ4n) is 1.88. The van der Waals surface area contributed by atoms with Crippen LogP contribution in [0.3, 0.4) is 0 Å². The van der Waals surface area contributed by atoms with Crippen molar-refractivity contribution >= 4 is 0 Å². The van der Waals surface area contributed by atoms with Crippen molar-refractivity contribution in [1.82, 2.24) is 0 Å². The molecule has 0 bridgehead atoms. The quantitative estimate of drug-likeness (QED) is 0.702. The van der Waals surface area contributed by atoms with Gasteiger partial charge in [-0.1, -0.05) is 37.3 Å². The van der Waals surface area contributed by atoms with E-state index in [2.05, 4.69) is 0 Å². The van der Waals surface area contributed by atoms with Gasteiger partial charge in [0.2, 0.25) is 0 Å². The lowest BCUT2D eigenvalue weighted by atomic mass is 9.96. The van der Waals surface area contributed by atoms with Crippen molar-refractivity contribution in [2.45, 2.75) is 38.6 Å². The molecule has 1 aromatic rings. The lowest BCUT2D eigenvalue weighted by molar-refractivity contribution is 0.00235. The molecule has 0 aromatic heterocycles. The average molecular weight is 263 g/mol. The van der Waals surface area contributed by atoms with E-state index in [-0.39, 0.29) is 12.3 Å². The van der Waals surface area contributed by atoms with Crippen LogP contribution in [0.15, 0.2) is 30.3 Å². The minimum absolute atomic E-state index is 0.0632. The summed E-state index contributed by atoms with van der Waals surface area (Å²) in [5, 5.41) is 27.7. The van der Waals surface area contributed by atoms with Gasteiger partial charge in [-0.2, -0.15) is 5.26 Å². The molecule has 0 saturated heterocycles. The highest BCUT2D eigenvalue weighted by Crippen LogP contribution is 2.15. The molecule has 2 N–H and O–H groups in total. The van der Waals surface area contributed by atoms with E-state index in [1.165, 1.54) is 0 Å². The van der Waals surface area contributed by atoms with Gasteiger partial charge in [-0.3, -0.25) is 0 Å². The zero-order valence-corrected chi connectivity index (χ0v) is 11.2. The van der Waals surface area contributed by atoms with Crippen molar-refractivity contribution in [1.29, 1.82) is 5.26 Å².